The molecule has 2 aromatic carbocycles. The standard InChI is InChI=1S/C28H36N2O5/c1-27(2,3)35-26(33)29-23(34-19-20-12-7-6-8-13-20)18-28(4,5)16-11-17-30-24(31)21-14-9-10-15-22(21)25(30)32/h6-10,12-15,23H,11,16-19H2,1-5H3,(H,29,33). The third kappa shape index (κ3) is 7.65. The van der Waals surface area contributed by atoms with Gasteiger partial charge in [0.15, 0.2) is 0 Å². The van der Waals surface area contributed by atoms with Crippen LogP contribution in [0.5, 0.6) is 0 Å². The third-order valence-electron chi connectivity index (χ3n) is 5.82. The second-order valence-electron chi connectivity index (χ2n) is 10.7. The summed E-state index contributed by atoms with van der Waals surface area (Å²) in [7, 11) is 0. The van der Waals surface area contributed by atoms with Gasteiger partial charge in [-0.3, -0.25) is 19.8 Å². The second kappa shape index (κ2) is 11.0. The predicted molar refractivity (Wildman–Crippen MR) is 134 cm³/mol. The zero-order valence-electron chi connectivity index (χ0n) is 21.3. The average Bonchev–Trinajstić information content (AvgIpc) is 3.02. The lowest BCUT2D eigenvalue weighted by Gasteiger charge is -2.31. The summed E-state index contributed by atoms with van der Waals surface area (Å²) in [5.41, 5.74) is 1.10. The van der Waals surface area contributed by atoms with Crippen molar-refractivity contribution in [2.75, 3.05) is 6.54 Å². The fraction of sp³-hybridized carbons (Fsp3) is 0.464. The van der Waals surface area contributed by atoms with E-state index in [0.717, 1.165) is 12.0 Å². The first-order valence-electron chi connectivity index (χ1n) is 12.1. The minimum Gasteiger partial charge on any atom is -0.444 e. The number of amides is 3. The molecule has 0 saturated carbocycles. The lowest BCUT2D eigenvalue weighted by Crippen LogP contribution is -2.42. The van der Waals surface area contributed by atoms with Crippen LogP contribution in [0.25, 0.3) is 0 Å². The SMILES string of the molecule is CC(C)(CCCN1C(=O)c2ccccc2C1=O)CC(NC(=O)OC(C)(C)C)OCc1ccccc1. The quantitative estimate of drug-likeness (QED) is 0.356. The molecule has 1 aliphatic heterocycles. The van der Waals surface area contributed by atoms with Crippen molar-refractivity contribution in [1.82, 2.24) is 10.2 Å². The Labute approximate surface area is 207 Å². The summed E-state index contributed by atoms with van der Waals surface area (Å²) in [6.07, 6.45) is 0.843. The molecule has 7 nitrogen and oxygen atoms in total. The maximum atomic E-state index is 12.6. The van der Waals surface area contributed by atoms with Crippen LogP contribution in [0.1, 0.15) is 80.2 Å². The van der Waals surface area contributed by atoms with Gasteiger partial charge in [0.2, 0.25) is 0 Å². The Bertz CT molecular complexity index is 1010. The molecule has 0 saturated heterocycles. The van der Waals surface area contributed by atoms with Crippen molar-refractivity contribution in [1.29, 1.82) is 0 Å². The number of nitrogens with zero attached hydrogens (tertiary/aromatic N) is 1. The van der Waals surface area contributed by atoms with E-state index >= 15 is 0 Å². The molecule has 1 heterocycles. The maximum Gasteiger partial charge on any atom is 0.409 e. The van der Waals surface area contributed by atoms with Crippen LogP contribution in [-0.2, 0) is 16.1 Å². The Morgan fingerprint density at radius 2 is 1.49 bits per heavy atom. The van der Waals surface area contributed by atoms with E-state index in [4.69, 9.17) is 9.47 Å². The van der Waals surface area contributed by atoms with Gasteiger partial charge < -0.3 is 9.47 Å². The Morgan fingerprint density at radius 1 is 0.914 bits per heavy atom. The second-order valence-corrected chi connectivity index (χ2v) is 10.7. The van der Waals surface area contributed by atoms with E-state index in [0.29, 0.717) is 37.1 Å². The molecule has 1 N–H and O–H groups in total. The zero-order valence-corrected chi connectivity index (χ0v) is 21.3. The Morgan fingerprint density at radius 3 is 2.06 bits per heavy atom. The molecule has 0 fully saturated rings. The van der Waals surface area contributed by atoms with E-state index in [9.17, 15) is 14.4 Å². The number of hydrogen-bond acceptors (Lipinski definition) is 5. The molecule has 3 amide bonds. The first-order chi connectivity index (χ1) is 16.5. The van der Waals surface area contributed by atoms with Gasteiger partial charge in [0.1, 0.15) is 11.8 Å². The minimum absolute atomic E-state index is 0.227. The molecule has 0 aromatic heterocycles. The molecule has 2 aromatic rings. The Balaban J connectivity index is 1.58. The van der Waals surface area contributed by atoms with Crippen molar-refractivity contribution in [3.8, 4) is 0 Å². The van der Waals surface area contributed by atoms with E-state index in [1.54, 1.807) is 24.3 Å². The van der Waals surface area contributed by atoms with Gasteiger partial charge in [-0.1, -0.05) is 56.3 Å². The highest BCUT2D eigenvalue weighted by molar-refractivity contribution is 6.21. The normalized spacial score (nSPS) is 14.6. The molecule has 3 rings (SSSR count). The van der Waals surface area contributed by atoms with Crippen LogP contribution in [0.2, 0.25) is 0 Å². The number of carbonyl (C=O) groups excluding carboxylic acids is 3. The Kier molecular flexibility index (Phi) is 8.33. The van der Waals surface area contributed by atoms with E-state index in [2.05, 4.69) is 19.2 Å². The number of imide groups is 1. The largest absolute Gasteiger partial charge is 0.444 e. The van der Waals surface area contributed by atoms with Crippen molar-refractivity contribution in [2.45, 2.75) is 72.3 Å². The summed E-state index contributed by atoms with van der Waals surface area (Å²) >= 11 is 0. The molecule has 0 radical (unpaired) electrons. The van der Waals surface area contributed by atoms with Crippen molar-refractivity contribution in [2.24, 2.45) is 5.41 Å². The van der Waals surface area contributed by atoms with Gasteiger partial charge in [-0.2, -0.15) is 0 Å². The predicted octanol–water partition coefficient (Wildman–Crippen LogP) is 5.55. The smallest absolute Gasteiger partial charge is 0.409 e. The summed E-state index contributed by atoms with van der Waals surface area (Å²) in [5.74, 6) is -0.474. The van der Waals surface area contributed by atoms with Crippen LogP contribution in [0.15, 0.2) is 54.6 Å². The highest BCUT2D eigenvalue weighted by Crippen LogP contribution is 2.30. The summed E-state index contributed by atoms with van der Waals surface area (Å²) in [5, 5.41) is 2.86. The summed E-state index contributed by atoms with van der Waals surface area (Å²) < 4.78 is 11.5. The monoisotopic (exact) mass is 480 g/mol. The van der Waals surface area contributed by atoms with Gasteiger partial charge in [-0.05, 0) is 63.1 Å². The van der Waals surface area contributed by atoms with Crippen LogP contribution in [0, 0.1) is 5.41 Å². The van der Waals surface area contributed by atoms with Gasteiger partial charge in [0.05, 0.1) is 17.7 Å². The summed E-state index contributed by atoms with van der Waals surface area (Å²) in [6.45, 7) is 10.3. The van der Waals surface area contributed by atoms with E-state index in [1.165, 1.54) is 4.90 Å². The van der Waals surface area contributed by atoms with Gasteiger partial charge in [0.25, 0.3) is 11.8 Å². The molecule has 0 bridgehead atoms. The van der Waals surface area contributed by atoms with Crippen LogP contribution >= 0.6 is 0 Å². The highest BCUT2D eigenvalue weighted by Gasteiger charge is 2.35. The number of hydrogen-bond donors (Lipinski definition) is 1. The van der Waals surface area contributed by atoms with Crippen molar-refractivity contribution in [3.05, 3.63) is 71.3 Å². The number of benzene rings is 2. The van der Waals surface area contributed by atoms with Crippen molar-refractivity contribution >= 4 is 17.9 Å². The number of fused-ring (bicyclic) bond motifs is 1. The van der Waals surface area contributed by atoms with Crippen LogP contribution in [-0.4, -0.2) is 41.2 Å². The number of ether oxygens (including phenoxy) is 2. The average molecular weight is 481 g/mol. The van der Waals surface area contributed by atoms with Crippen molar-refractivity contribution in [3.63, 3.8) is 0 Å². The van der Waals surface area contributed by atoms with E-state index < -0.39 is 17.9 Å². The van der Waals surface area contributed by atoms with Gasteiger partial charge >= 0.3 is 6.09 Å². The van der Waals surface area contributed by atoms with Gasteiger partial charge in [-0.25, -0.2) is 4.79 Å². The molecular formula is C28H36N2O5. The fourth-order valence-electron chi connectivity index (χ4n) is 4.12. The number of nitrogens with one attached hydrogen (secondary N) is 1. The van der Waals surface area contributed by atoms with Crippen LogP contribution in [0.3, 0.4) is 0 Å². The fourth-order valence-corrected chi connectivity index (χ4v) is 4.12. The lowest BCUT2D eigenvalue weighted by atomic mass is 9.83. The minimum atomic E-state index is -0.615. The summed E-state index contributed by atoms with van der Waals surface area (Å²) in [6, 6.07) is 16.7. The first-order valence-corrected chi connectivity index (χ1v) is 12.1. The number of carbonyl (C=O) groups is 3. The maximum absolute atomic E-state index is 12.6. The highest BCUT2D eigenvalue weighted by atomic mass is 16.6. The van der Waals surface area contributed by atoms with Crippen LogP contribution in [0.4, 0.5) is 4.79 Å². The summed E-state index contributed by atoms with van der Waals surface area (Å²) in [4.78, 5) is 39.0. The van der Waals surface area contributed by atoms with Gasteiger partial charge in [-0.15, -0.1) is 0 Å². The molecule has 1 aliphatic rings. The molecule has 35 heavy (non-hydrogen) atoms. The molecule has 0 aliphatic carbocycles. The third-order valence-corrected chi connectivity index (χ3v) is 5.82. The van der Waals surface area contributed by atoms with Crippen LogP contribution < -0.4 is 5.32 Å². The molecular weight excluding hydrogens is 444 g/mol. The first kappa shape index (κ1) is 26.4. The molecule has 1 atom stereocenters. The molecule has 1 unspecified atom stereocenters. The van der Waals surface area contributed by atoms with E-state index in [-0.39, 0.29) is 17.2 Å². The zero-order chi connectivity index (χ0) is 25.6. The van der Waals surface area contributed by atoms with Crippen molar-refractivity contribution < 1.29 is 23.9 Å². The number of rotatable bonds is 10. The molecule has 7 heteroatoms. The van der Waals surface area contributed by atoms with Gasteiger partial charge in [0, 0.05) is 6.54 Å². The number of alkyl carbamates (subject to hydrolysis) is 1. The molecule has 188 valence electrons. The van der Waals surface area contributed by atoms with E-state index in [1.807, 2.05) is 51.1 Å². The lowest BCUT2D eigenvalue weighted by molar-refractivity contribution is -0.0219. The topological polar surface area (TPSA) is 84.9 Å². The Hall–Kier alpha value is -3.19. The molecule has 0 spiro atoms.